The SMILES string of the molecule is C[C@@H]1CN([C@H](C)CO)C(=O)CCCn2cc(nn2)CO[C@@H]1CN(C)S(=O)(=O)c1ccc(F)cc1. The van der Waals surface area contributed by atoms with E-state index in [1.807, 2.05) is 6.92 Å². The van der Waals surface area contributed by atoms with Crippen molar-refractivity contribution in [3.63, 3.8) is 0 Å². The molecule has 3 atom stereocenters. The Morgan fingerprint density at radius 1 is 1.32 bits per heavy atom. The number of hydrogen-bond donors (Lipinski definition) is 1. The third kappa shape index (κ3) is 6.38. The van der Waals surface area contributed by atoms with Crippen molar-refractivity contribution in [1.29, 1.82) is 0 Å². The first-order valence-corrected chi connectivity index (χ1v) is 12.7. The maximum Gasteiger partial charge on any atom is 0.242 e. The molecule has 1 aliphatic rings. The molecule has 3 rings (SSSR count). The summed E-state index contributed by atoms with van der Waals surface area (Å²) < 4.78 is 48.3. The number of likely N-dealkylation sites (N-methyl/N-ethyl adjacent to an activating group) is 1. The number of rotatable bonds is 6. The molecular formula is C22H32FN5O5S. The number of amides is 1. The molecule has 2 heterocycles. The van der Waals surface area contributed by atoms with E-state index in [1.54, 1.807) is 22.7 Å². The molecule has 2 bridgehead atoms. The number of ether oxygens (including phenoxy) is 1. The summed E-state index contributed by atoms with van der Waals surface area (Å²) in [5.41, 5.74) is 0.604. The van der Waals surface area contributed by atoms with Crippen molar-refractivity contribution in [3.8, 4) is 0 Å². The van der Waals surface area contributed by atoms with Crippen LogP contribution in [0.15, 0.2) is 35.4 Å². The Morgan fingerprint density at radius 2 is 2.03 bits per heavy atom. The zero-order valence-corrected chi connectivity index (χ0v) is 20.5. The number of nitrogens with zero attached hydrogens (tertiary/aromatic N) is 5. The van der Waals surface area contributed by atoms with Crippen LogP contribution in [0.25, 0.3) is 0 Å². The van der Waals surface area contributed by atoms with Crippen molar-refractivity contribution in [2.24, 2.45) is 5.92 Å². The van der Waals surface area contributed by atoms with E-state index in [2.05, 4.69) is 10.3 Å². The van der Waals surface area contributed by atoms with E-state index >= 15 is 0 Å². The van der Waals surface area contributed by atoms with Gasteiger partial charge in [0.15, 0.2) is 0 Å². The molecule has 12 heteroatoms. The lowest BCUT2D eigenvalue weighted by atomic mass is 10.0. The maximum atomic E-state index is 13.3. The second kappa shape index (κ2) is 11.3. The Morgan fingerprint density at radius 3 is 2.71 bits per heavy atom. The topological polar surface area (TPSA) is 118 Å². The lowest BCUT2D eigenvalue weighted by Crippen LogP contribution is -2.47. The smallest absolute Gasteiger partial charge is 0.242 e. The van der Waals surface area contributed by atoms with Crippen LogP contribution in [0.5, 0.6) is 0 Å². The van der Waals surface area contributed by atoms with Crippen LogP contribution in [0, 0.1) is 11.7 Å². The average Bonchev–Trinajstić information content (AvgIpc) is 3.26. The van der Waals surface area contributed by atoms with Crippen molar-refractivity contribution in [1.82, 2.24) is 24.2 Å². The molecule has 0 radical (unpaired) electrons. The first kappa shape index (κ1) is 26.2. The number of sulfonamides is 1. The van der Waals surface area contributed by atoms with Gasteiger partial charge in [0, 0.05) is 39.0 Å². The highest BCUT2D eigenvalue weighted by Gasteiger charge is 2.31. The van der Waals surface area contributed by atoms with Crippen LogP contribution < -0.4 is 0 Å². The summed E-state index contributed by atoms with van der Waals surface area (Å²) in [6.07, 6.45) is 2.02. The molecule has 2 aromatic rings. The van der Waals surface area contributed by atoms with Gasteiger partial charge in [-0.15, -0.1) is 5.10 Å². The predicted molar refractivity (Wildman–Crippen MR) is 121 cm³/mol. The number of aryl methyl sites for hydroxylation is 1. The van der Waals surface area contributed by atoms with Gasteiger partial charge in [-0.3, -0.25) is 9.48 Å². The van der Waals surface area contributed by atoms with Gasteiger partial charge >= 0.3 is 0 Å². The fourth-order valence-electron chi connectivity index (χ4n) is 3.83. The first-order chi connectivity index (χ1) is 16.1. The van der Waals surface area contributed by atoms with E-state index in [0.29, 0.717) is 25.2 Å². The van der Waals surface area contributed by atoms with Crippen molar-refractivity contribution < 1.29 is 27.4 Å². The van der Waals surface area contributed by atoms with Crippen molar-refractivity contribution in [3.05, 3.63) is 42.0 Å². The second-order valence-corrected chi connectivity index (χ2v) is 10.8. The largest absolute Gasteiger partial charge is 0.394 e. The van der Waals surface area contributed by atoms with Crippen LogP contribution in [0.1, 0.15) is 32.4 Å². The summed E-state index contributed by atoms with van der Waals surface area (Å²) >= 11 is 0. The van der Waals surface area contributed by atoms with E-state index in [-0.39, 0.29) is 42.9 Å². The van der Waals surface area contributed by atoms with Gasteiger partial charge in [-0.05, 0) is 37.6 Å². The molecule has 1 aliphatic heterocycles. The lowest BCUT2D eigenvalue weighted by Gasteiger charge is -2.35. The van der Waals surface area contributed by atoms with Gasteiger partial charge < -0.3 is 14.7 Å². The molecule has 1 aromatic carbocycles. The summed E-state index contributed by atoms with van der Waals surface area (Å²) in [5, 5.41) is 17.8. The Bertz CT molecular complexity index is 1060. The zero-order valence-electron chi connectivity index (χ0n) is 19.7. The molecule has 0 saturated carbocycles. The van der Waals surface area contributed by atoms with E-state index in [1.165, 1.54) is 19.2 Å². The summed E-state index contributed by atoms with van der Waals surface area (Å²) in [7, 11) is -2.45. The van der Waals surface area contributed by atoms with Crippen molar-refractivity contribution >= 4 is 15.9 Å². The Hall–Kier alpha value is -2.41. The molecule has 1 N–H and O–H groups in total. The normalized spacial score (nSPS) is 21.6. The number of aliphatic hydroxyl groups is 1. The fraction of sp³-hybridized carbons (Fsp3) is 0.591. The Labute approximate surface area is 199 Å². The summed E-state index contributed by atoms with van der Waals surface area (Å²) in [5.74, 6) is -0.886. The van der Waals surface area contributed by atoms with Crippen LogP contribution in [-0.4, -0.2) is 82.5 Å². The molecule has 1 amide bonds. The van der Waals surface area contributed by atoms with Crippen molar-refractivity contribution in [2.45, 2.75) is 56.9 Å². The number of hydrogen-bond acceptors (Lipinski definition) is 7. The highest BCUT2D eigenvalue weighted by molar-refractivity contribution is 7.89. The zero-order chi connectivity index (χ0) is 24.9. The summed E-state index contributed by atoms with van der Waals surface area (Å²) in [4.78, 5) is 14.5. The molecule has 0 aliphatic carbocycles. The maximum absolute atomic E-state index is 13.3. The second-order valence-electron chi connectivity index (χ2n) is 8.72. The summed E-state index contributed by atoms with van der Waals surface area (Å²) in [6.45, 7) is 4.41. The number of carbonyl (C=O) groups excluding carboxylic acids is 1. The molecule has 188 valence electrons. The molecular weight excluding hydrogens is 465 g/mol. The molecule has 0 spiro atoms. The minimum Gasteiger partial charge on any atom is -0.394 e. The first-order valence-electron chi connectivity index (χ1n) is 11.2. The average molecular weight is 498 g/mol. The minimum atomic E-state index is -3.89. The fourth-order valence-corrected chi connectivity index (χ4v) is 5.01. The molecule has 34 heavy (non-hydrogen) atoms. The number of aliphatic hydroxyl groups excluding tert-OH is 1. The van der Waals surface area contributed by atoms with Gasteiger partial charge in [-0.2, -0.15) is 4.31 Å². The van der Waals surface area contributed by atoms with E-state index < -0.39 is 28.0 Å². The van der Waals surface area contributed by atoms with Crippen LogP contribution in [0.4, 0.5) is 4.39 Å². The minimum absolute atomic E-state index is 0.00451. The third-order valence-electron chi connectivity index (χ3n) is 6.00. The van der Waals surface area contributed by atoms with Gasteiger partial charge in [0.05, 0.1) is 36.5 Å². The number of benzene rings is 1. The molecule has 0 saturated heterocycles. The number of halogens is 1. The number of carbonyl (C=O) groups is 1. The van der Waals surface area contributed by atoms with Crippen LogP contribution >= 0.6 is 0 Å². The van der Waals surface area contributed by atoms with Gasteiger partial charge in [0.25, 0.3) is 0 Å². The van der Waals surface area contributed by atoms with Gasteiger partial charge in [-0.1, -0.05) is 12.1 Å². The third-order valence-corrected chi connectivity index (χ3v) is 7.84. The predicted octanol–water partition coefficient (Wildman–Crippen LogP) is 1.26. The summed E-state index contributed by atoms with van der Waals surface area (Å²) in [6, 6.07) is 4.25. The molecule has 0 fully saturated rings. The highest BCUT2D eigenvalue weighted by atomic mass is 32.2. The molecule has 10 nitrogen and oxygen atoms in total. The Kier molecular flexibility index (Phi) is 8.74. The van der Waals surface area contributed by atoms with E-state index in [4.69, 9.17) is 4.74 Å². The van der Waals surface area contributed by atoms with Gasteiger partial charge in [0.2, 0.25) is 15.9 Å². The van der Waals surface area contributed by atoms with Crippen LogP contribution in [0.3, 0.4) is 0 Å². The van der Waals surface area contributed by atoms with Crippen molar-refractivity contribution in [2.75, 3.05) is 26.7 Å². The Balaban J connectivity index is 1.85. The molecule has 0 unspecified atom stereocenters. The monoisotopic (exact) mass is 497 g/mol. The van der Waals surface area contributed by atoms with Gasteiger partial charge in [-0.25, -0.2) is 12.8 Å². The van der Waals surface area contributed by atoms with Crippen LogP contribution in [0.2, 0.25) is 0 Å². The van der Waals surface area contributed by atoms with E-state index in [0.717, 1.165) is 16.4 Å². The number of fused-ring (bicyclic) bond motifs is 2. The highest BCUT2D eigenvalue weighted by Crippen LogP contribution is 2.21. The standard InChI is InChI=1S/C22H32FN5O5S/c1-16-11-28(17(2)14-29)22(30)5-4-10-27-12-19(24-25-27)15-33-21(16)13-26(3)34(31,32)20-8-6-18(23)7-9-20/h6-9,12,16-17,21,29H,4-5,10-11,13-15H2,1-3H3/t16-,17-,21-/m1/s1. The molecule has 1 aromatic heterocycles. The lowest BCUT2D eigenvalue weighted by molar-refractivity contribution is -0.136. The van der Waals surface area contributed by atoms with Crippen LogP contribution in [-0.2, 0) is 32.7 Å². The van der Waals surface area contributed by atoms with Gasteiger partial charge in [0.1, 0.15) is 11.5 Å². The quantitative estimate of drug-likeness (QED) is 0.638. The van der Waals surface area contributed by atoms with E-state index in [9.17, 15) is 22.7 Å². The number of aromatic nitrogens is 3.